The minimum absolute atomic E-state index is 0.203. The zero-order valence-electron chi connectivity index (χ0n) is 18.0. The van der Waals surface area contributed by atoms with E-state index in [2.05, 4.69) is 11.2 Å². The molecule has 1 heterocycles. The quantitative estimate of drug-likeness (QED) is 0.477. The molecule has 0 N–H and O–H groups in total. The smallest absolute Gasteiger partial charge is 0.279 e. The number of aryl methyl sites for hydroxylation is 2. The van der Waals surface area contributed by atoms with Crippen molar-refractivity contribution < 1.29 is 4.79 Å². The van der Waals surface area contributed by atoms with Gasteiger partial charge >= 0.3 is 0 Å². The molecule has 5 heteroatoms. The third-order valence-electron chi connectivity index (χ3n) is 5.45. The lowest BCUT2D eigenvalue weighted by Crippen LogP contribution is -2.35. The zero-order valence-corrected chi connectivity index (χ0v) is 18.0. The van der Waals surface area contributed by atoms with Crippen LogP contribution in [-0.4, -0.2) is 22.2 Å². The molecule has 4 aromatic rings. The molecule has 0 aliphatic carbocycles. The summed E-state index contributed by atoms with van der Waals surface area (Å²) in [5.74, 6) is -0.215. The number of carbonyl (C=O) groups excluding carboxylic acids is 1. The number of hydrogen-bond donors (Lipinski definition) is 0. The molecule has 0 saturated heterocycles. The molecular formula is C26H25N3O2. The van der Waals surface area contributed by atoms with Crippen LogP contribution in [0.15, 0.2) is 77.6 Å². The van der Waals surface area contributed by atoms with Crippen molar-refractivity contribution in [2.24, 2.45) is 0 Å². The van der Waals surface area contributed by atoms with E-state index in [1.807, 2.05) is 75.4 Å². The van der Waals surface area contributed by atoms with Crippen molar-refractivity contribution in [1.29, 1.82) is 0 Å². The van der Waals surface area contributed by atoms with Gasteiger partial charge in [0.2, 0.25) is 0 Å². The standard InChI is InChI=1S/C26H25N3O2/c1-4-28(23-15-14-18(2)16-19(23)3)26(31)24-21-12-8-9-13-22(21)25(30)29(27-24)17-20-10-6-5-7-11-20/h5-16H,4,17H2,1-3H3. The molecule has 0 aliphatic heterocycles. The first-order chi connectivity index (χ1) is 15.0. The molecule has 1 aromatic heterocycles. The number of aromatic nitrogens is 2. The summed E-state index contributed by atoms with van der Waals surface area (Å²) in [4.78, 5) is 28.5. The van der Waals surface area contributed by atoms with Gasteiger partial charge in [0, 0.05) is 17.6 Å². The fourth-order valence-electron chi connectivity index (χ4n) is 3.92. The molecule has 1 amide bonds. The van der Waals surface area contributed by atoms with Crippen LogP contribution in [0.25, 0.3) is 10.8 Å². The Morgan fingerprint density at radius 1 is 0.935 bits per heavy atom. The Hall–Kier alpha value is -3.73. The Bertz CT molecular complexity index is 1310. The number of hydrogen-bond acceptors (Lipinski definition) is 3. The summed E-state index contributed by atoms with van der Waals surface area (Å²) in [6, 6.07) is 22.9. The zero-order chi connectivity index (χ0) is 22.0. The molecular weight excluding hydrogens is 386 g/mol. The summed E-state index contributed by atoms with van der Waals surface area (Å²) in [6.45, 7) is 6.78. The number of amides is 1. The van der Waals surface area contributed by atoms with E-state index >= 15 is 0 Å². The van der Waals surface area contributed by atoms with E-state index in [0.29, 0.717) is 23.9 Å². The molecule has 31 heavy (non-hydrogen) atoms. The van der Waals surface area contributed by atoms with Crippen molar-refractivity contribution in [3.05, 3.63) is 106 Å². The van der Waals surface area contributed by atoms with Crippen molar-refractivity contribution in [3.8, 4) is 0 Å². The van der Waals surface area contributed by atoms with Crippen LogP contribution in [0.5, 0.6) is 0 Å². The van der Waals surface area contributed by atoms with E-state index in [-0.39, 0.29) is 17.2 Å². The van der Waals surface area contributed by atoms with Gasteiger partial charge in [-0.1, -0.05) is 66.2 Å². The molecule has 5 nitrogen and oxygen atoms in total. The third kappa shape index (κ3) is 3.99. The molecule has 156 valence electrons. The summed E-state index contributed by atoms with van der Waals surface area (Å²) in [6.07, 6.45) is 0. The van der Waals surface area contributed by atoms with E-state index in [1.54, 1.807) is 17.0 Å². The molecule has 3 aromatic carbocycles. The number of benzene rings is 3. The molecule has 0 atom stereocenters. The van der Waals surface area contributed by atoms with Crippen molar-refractivity contribution in [2.75, 3.05) is 11.4 Å². The molecule has 0 saturated carbocycles. The summed E-state index contributed by atoms with van der Waals surface area (Å²) >= 11 is 0. The highest BCUT2D eigenvalue weighted by Gasteiger charge is 2.23. The fraction of sp³-hybridized carbons (Fsp3) is 0.192. The van der Waals surface area contributed by atoms with Gasteiger partial charge in [0.1, 0.15) is 0 Å². The van der Waals surface area contributed by atoms with Crippen molar-refractivity contribution >= 4 is 22.4 Å². The maximum absolute atomic E-state index is 13.7. The first kappa shape index (κ1) is 20.5. The second-order valence-electron chi connectivity index (χ2n) is 7.68. The van der Waals surface area contributed by atoms with Crippen LogP contribution < -0.4 is 10.5 Å². The number of fused-ring (bicyclic) bond motifs is 1. The Kier molecular flexibility index (Phi) is 5.67. The second-order valence-corrected chi connectivity index (χ2v) is 7.68. The second kappa shape index (κ2) is 8.56. The predicted molar refractivity (Wildman–Crippen MR) is 125 cm³/mol. The van der Waals surface area contributed by atoms with Crippen LogP contribution in [0.2, 0.25) is 0 Å². The average Bonchev–Trinajstić information content (AvgIpc) is 2.78. The van der Waals surface area contributed by atoms with Gasteiger partial charge in [0.15, 0.2) is 5.69 Å². The van der Waals surface area contributed by atoms with Crippen LogP contribution in [0.1, 0.15) is 34.1 Å². The Balaban J connectivity index is 1.86. The van der Waals surface area contributed by atoms with Gasteiger partial charge in [-0.05, 0) is 44.0 Å². The van der Waals surface area contributed by atoms with Crippen molar-refractivity contribution in [2.45, 2.75) is 27.3 Å². The Morgan fingerprint density at radius 2 is 1.61 bits per heavy atom. The third-order valence-corrected chi connectivity index (χ3v) is 5.45. The van der Waals surface area contributed by atoms with Gasteiger partial charge in [-0.25, -0.2) is 4.68 Å². The summed E-state index contributed by atoms with van der Waals surface area (Å²) in [5.41, 5.74) is 4.05. The van der Waals surface area contributed by atoms with E-state index < -0.39 is 0 Å². The first-order valence-corrected chi connectivity index (χ1v) is 10.4. The highest BCUT2D eigenvalue weighted by atomic mass is 16.2. The predicted octanol–water partition coefficient (Wildman–Crippen LogP) is 4.73. The fourth-order valence-corrected chi connectivity index (χ4v) is 3.92. The maximum Gasteiger partial charge on any atom is 0.279 e. The number of carbonyl (C=O) groups is 1. The molecule has 0 unspecified atom stereocenters. The van der Waals surface area contributed by atoms with Gasteiger partial charge in [-0.3, -0.25) is 9.59 Å². The van der Waals surface area contributed by atoms with Crippen LogP contribution in [0, 0.1) is 13.8 Å². The first-order valence-electron chi connectivity index (χ1n) is 10.4. The van der Waals surface area contributed by atoms with Crippen LogP contribution in [0.3, 0.4) is 0 Å². The number of rotatable bonds is 5. The number of nitrogens with zero attached hydrogens (tertiary/aromatic N) is 3. The Labute approximate surface area is 181 Å². The lowest BCUT2D eigenvalue weighted by Gasteiger charge is -2.24. The molecule has 0 spiro atoms. The molecule has 0 aliphatic rings. The number of anilines is 1. The monoisotopic (exact) mass is 411 g/mol. The minimum atomic E-state index is -0.215. The van der Waals surface area contributed by atoms with Crippen LogP contribution in [-0.2, 0) is 6.54 Å². The largest absolute Gasteiger partial charge is 0.307 e. The highest BCUT2D eigenvalue weighted by molar-refractivity contribution is 6.12. The van der Waals surface area contributed by atoms with Crippen molar-refractivity contribution in [3.63, 3.8) is 0 Å². The lowest BCUT2D eigenvalue weighted by atomic mass is 10.1. The Morgan fingerprint density at radius 3 is 2.29 bits per heavy atom. The van der Waals surface area contributed by atoms with Crippen LogP contribution in [0.4, 0.5) is 5.69 Å². The van der Waals surface area contributed by atoms with E-state index in [0.717, 1.165) is 22.4 Å². The van der Waals surface area contributed by atoms with Gasteiger partial charge in [-0.15, -0.1) is 0 Å². The molecule has 0 radical (unpaired) electrons. The van der Waals surface area contributed by atoms with Gasteiger partial charge in [0.25, 0.3) is 11.5 Å². The minimum Gasteiger partial charge on any atom is -0.307 e. The maximum atomic E-state index is 13.7. The van der Waals surface area contributed by atoms with E-state index in [4.69, 9.17) is 0 Å². The van der Waals surface area contributed by atoms with Crippen molar-refractivity contribution in [1.82, 2.24) is 9.78 Å². The lowest BCUT2D eigenvalue weighted by molar-refractivity contribution is 0.0983. The summed E-state index contributed by atoms with van der Waals surface area (Å²) < 4.78 is 1.39. The van der Waals surface area contributed by atoms with Crippen LogP contribution >= 0.6 is 0 Å². The summed E-state index contributed by atoms with van der Waals surface area (Å²) in [5, 5.41) is 5.62. The van der Waals surface area contributed by atoms with E-state index in [9.17, 15) is 9.59 Å². The van der Waals surface area contributed by atoms with Gasteiger partial charge in [-0.2, -0.15) is 5.10 Å². The van der Waals surface area contributed by atoms with Gasteiger partial charge in [0.05, 0.1) is 11.9 Å². The molecule has 4 rings (SSSR count). The molecule has 0 fully saturated rings. The topological polar surface area (TPSA) is 55.2 Å². The SMILES string of the molecule is CCN(C(=O)c1nn(Cc2ccccc2)c(=O)c2ccccc12)c1ccc(C)cc1C. The molecule has 0 bridgehead atoms. The highest BCUT2D eigenvalue weighted by Crippen LogP contribution is 2.24. The van der Waals surface area contributed by atoms with Gasteiger partial charge < -0.3 is 4.90 Å². The normalized spacial score (nSPS) is 10.9. The summed E-state index contributed by atoms with van der Waals surface area (Å²) in [7, 11) is 0. The van der Waals surface area contributed by atoms with E-state index in [1.165, 1.54) is 4.68 Å². The average molecular weight is 412 g/mol.